The molecule has 10 aromatic heterocycles. The van der Waals surface area contributed by atoms with Crippen molar-refractivity contribution in [1.82, 2.24) is 116 Å². The molecule has 0 bridgehead atoms. The number of aromatic nitrogens is 20. The van der Waals surface area contributed by atoms with Gasteiger partial charge >= 0.3 is 12.1 Å². The molecule has 0 spiro atoms. The molecule has 13 heterocycles. The molecule has 124 heavy (non-hydrogen) atoms. The zero-order valence-corrected chi connectivity index (χ0v) is 73.0. The number of benzene rings is 5. The molecule has 0 atom stereocenters. The highest BCUT2D eigenvalue weighted by molar-refractivity contribution is 6.01. The van der Waals surface area contributed by atoms with Crippen molar-refractivity contribution in [3.63, 3.8) is 0 Å². The van der Waals surface area contributed by atoms with Gasteiger partial charge in [0.1, 0.15) is 0 Å². The molecule has 0 unspecified atom stereocenters. The zero-order valence-electron chi connectivity index (χ0n) is 73.0. The standard InChI is InChI=1S/C19H24N6O2.C19H24N6O.C19H23N5O2.C17H19N5O.C15H18N6O/c1-11-8-14-15(9-12(11)2)21-19(20-14)18-17(13(3)23-24-18)22-16(26)10-25-4-6-27-7-5-25;1-11-9-14-15(10-12(11)2)21-18(20-14)17-16(13(3)23-24-17)22-19(26)25-7-5-4-6-8-25;1-10-8-14-15(9-11(10)2)21-18(20-14)17-16(12(3)23-24-17)22-19(25)13-4-6-26-7-5-13;1-8-6-12-13(7-9(8)2)19-16(18-12)15-14(10(3)21-22-15)20-17(23)11-4-5-11;1-7-5-10-11(6-8(7)2)18-14(17-10)13-12(9(3)20-21-13)19-15(22)16-4/h8-9H,4-7,10H2,1-3H3,(H,20,21)(H,22,26)(H,23,24);9-10H,4-8H2,1-3H3,(H,20,21)(H,22,26)(H,23,24);8-9,13H,4-7H2,1-3H3,(H,20,21)(H,22,25)(H,23,24);6-7,11H,4-5H2,1-3H3,(H,18,19)(H,20,23)(H,21,22);5-6H,1-4H3,(H,17,18)(H,20,21)(H2,16,19,22). The number of morpholine rings is 1. The SMILES string of the molecule is CNC(=O)Nc1c(-c2nc3cc(C)c(C)cc3[nH]2)n[nH]c1C.Cc1cc2nc(-c3n[nH]c(C)c3NC(=O)C3CC3)[nH]c2cc1C.Cc1cc2nc(-c3n[nH]c(C)c3NC(=O)C3CCOCC3)[nH]c2cc1C.Cc1cc2nc(-c3n[nH]c(C)c3NC(=O)CN3CCOCC3)[nH]c2cc1C.Cc1cc2nc(-c3n[nH]c(C)c3NC(=O)N3CCCCC3)[nH]c2cc1C. The predicted octanol–water partition coefficient (Wildman–Crippen LogP) is 15.1. The van der Waals surface area contributed by atoms with E-state index in [2.05, 4.69) is 261 Å². The summed E-state index contributed by atoms with van der Waals surface area (Å²) in [6.45, 7) is 36.2. The van der Waals surface area contributed by atoms with Crippen LogP contribution < -0.4 is 31.9 Å². The van der Waals surface area contributed by atoms with Crippen molar-refractivity contribution in [3.8, 4) is 57.6 Å². The Hall–Kier alpha value is -13.7. The predicted molar refractivity (Wildman–Crippen MR) is 481 cm³/mol. The highest BCUT2D eigenvalue weighted by Crippen LogP contribution is 2.38. The fourth-order valence-electron chi connectivity index (χ4n) is 15.0. The molecule has 35 nitrogen and oxygen atoms in total. The smallest absolute Gasteiger partial charge is 0.321 e. The Kier molecular flexibility index (Phi) is 25.2. The Balaban J connectivity index is 0.000000120. The molecule has 1 aliphatic carbocycles. The number of likely N-dealkylation sites (tertiary alicyclic amines) is 1. The normalized spacial score (nSPS) is 14.3. The summed E-state index contributed by atoms with van der Waals surface area (Å²) in [4.78, 5) is 105. The topological polar surface area (TPSA) is 469 Å². The van der Waals surface area contributed by atoms with Crippen LogP contribution in [0.15, 0.2) is 60.7 Å². The monoisotopic (exact) mass is 1680 g/mol. The Morgan fingerprint density at radius 1 is 0.347 bits per heavy atom. The summed E-state index contributed by atoms with van der Waals surface area (Å²) in [6.07, 6.45) is 6.77. The average Bonchev–Trinajstić information content (AvgIpc) is 1.65. The summed E-state index contributed by atoms with van der Waals surface area (Å²) in [6, 6.07) is 20.3. The molecular formula is C89H108N28O7. The maximum absolute atomic E-state index is 12.6. The van der Waals surface area contributed by atoms with Gasteiger partial charge in [-0.1, -0.05) is 0 Å². The third-order valence-electron chi connectivity index (χ3n) is 23.5. The second-order valence-corrected chi connectivity index (χ2v) is 32.8. The van der Waals surface area contributed by atoms with E-state index in [9.17, 15) is 24.0 Å². The highest BCUT2D eigenvalue weighted by atomic mass is 16.5. The Morgan fingerprint density at radius 3 is 0.944 bits per heavy atom. The Bertz CT molecular complexity index is 6130. The number of fused-ring (bicyclic) bond motifs is 5. The Labute approximate surface area is 715 Å². The summed E-state index contributed by atoms with van der Waals surface area (Å²) in [5, 5.41) is 53.7. The first-order valence-corrected chi connectivity index (χ1v) is 42.0. The van der Waals surface area contributed by atoms with Crippen LogP contribution in [-0.4, -0.2) is 207 Å². The first-order valence-electron chi connectivity index (χ1n) is 42.0. The van der Waals surface area contributed by atoms with Crippen molar-refractivity contribution in [1.29, 1.82) is 0 Å². The second kappa shape index (κ2) is 36.6. The number of nitrogens with one attached hydrogen (secondary N) is 16. The van der Waals surface area contributed by atoms with Crippen molar-refractivity contribution in [2.75, 3.05) is 92.8 Å². The lowest BCUT2D eigenvalue weighted by Crippen LogP contribution is -2.41. The molecule has 5 aromatic carbocycles. The first-order chi connectivity index (χ1) is 59.6. The zero-order chi connectivity index (χ0) is 87.5. The van der Waals surface area contributed by atoms with Gasteiger partial charge in [0.05, 0.1) is 132 Å². The van der Waals surface area contributed by atoms with Crippen LogP contribution >= 0.6 is 0 Å². The first kappa shape index (κ1) is 85.3. The van der Waals surface area contributed by atoms with Gasteiger partial charge in [-0.2, -0.15) is 25.5 Å². The van der Waals surface area contributed by atoms with Crippen LogP contribution in [0, 0.1) is 116 Å². The molecule has 7 amide bonds. The van der Waals surface area contributed by atoms with E-state index in [1.165, 1.54) is 62.1 Å². The number of amides is 7. The van der Waals surface area contributed by atoms with Gasteiger partial charge < -0.3 is 71.2 Å². The van der Waals surface area contributed by atoms with Crippen molar-refractivity contribution in [2.24, 2.45) is 11.8 Å². The number of anilines is 5. The Morgan fingerprint density at radius 2 is 0.629 bits per heavy atom. The molecule has 646 valence electrons. The molecular weight excluding hydrogens is 1570 g/mol. The third-order valence-corrected chi connectivity index (χ3v) is 23.5. The lowest BCUT2D eigenvalue weighted by molar-refractivity contribution is -0.122. The minimum Gasteiger partial charge on any atom is -0.381 e. The molecule has 4 aliphatic rings. The van der Waals surface area contributed by atoms with E-state index in [1.807, 2.05) is 45.6 Å². The summed E-state index contributed by atoms with van der Waals surface area (Å²) in [7, 11) is 1.57. The van der Waals surface area contributed by atoms with E-state index in [4.69, 9.17) is 9.47 Å². The maximum Gasteiger partial charge on any atom is 0.321 e. The van der Waals surface area contributed by atoms with E-state index in [1.54, 1.807) is 7.05 Å². The number of piperidine rings is 1. The van der Waals surface area contributed by atoms with Crippen LogP contribution in [0.4, 0.5) is 38.0 Å². The number of carbonyl (C=O) groups is 5. The quantitative estimate of drug-likeness (QED) is 0.0481. The summed E-state index contributed by atoms with van der Waals surface area (Å²) < 4.78 is 10.7. The number of rotatable bonds is 14. The van der Waals surface area contributed by atoms with Gasteiger partial charge in [0.25, 0.3) is 0 Å². The lowest BCUT2D eigenvalue weighted by atomic mass is 9.99. The molecule has 19 rings (SSSR count). The van der Waals surface area contributed by atoms with Crippen LogP contribution in [0.2, 0.25) is 0 Å². The van der Waals surface area contributed by atoms with Gasteiger partial charge in [-0.15, -0.1) is 0 Å². The fourth-order valence-corrected chi connectivity index (χ4v) is 15.0. The minimum atomic E-state index is -0.298. The number of urea groups is 2. The largest absolute Gasteiger partial charge is 0.381 e. The summed E-state index contributed by atoms with van der Waals surface area (Å²) >= 11 is 0. The van der Waals surface area contributed by atoms with Crippen LogP contribution in [0.3, 0.4) is 0 Å². The van der Waals surface area contributed by atoms with Crippen molar-refractivity contribution < 1.29 is 33.4 Å². The van der Waals surface area contributed by atoms with Crippen LogP contribution in [0.5, 0.6) is 0 Å². The molecule has 0 radical (unpaired) electrons. The maximum atomic E-state index is 12.6. The number of imidazole rings is 5. The van der Waals surface area contributed by atoms with Crippen LogP contribution in [-0.2, 0) is 23.9 Å². The van der Waals surface area contributed by atoms with Gasteiger partial charge in [-0.05, 0) is 265 Å². The van der Waals surface area contributed by atoms with Crippen LogP contribution in [0.1, 0.15) is 129 Å². The van der Waals surface area contributed by atoms with Crippen LogP contribution in [0.25, 0.3) is 113 Å². The highest BCUT2D eigenvalue weighted by Gasteiger charge is 2.33. The number of nitrogens with zero attached hydrogens (tertiary/aromatic N) is 12. The van der Waals surface area contributed by atoms with Crippen molar-refractivity contribution in [3.05, 3.63) is 145 Å². The summed E-state index contributed by atoms with van der Waals surface area (Å²) in [5.41, 5.74) is 31.9. The molecule has 16 N–H and O–H groups in total. The van der Waals surface area contributed by atoms with Crippen molar-refractivity contribution in [2.45, 2.75) is 149 Å². The molecule has 15 aromatic rings. The number of H-pyrrole nitrogens is 10. The van der Waals surface area contributed by atoms with Gasteiger partial charge in [-0.25, -0.2) is 34.5 Å². The molecule has 35 heteroatoms. The minimum absolute atomic E-state index is 0.0156. The third kappa shape index (κ3) is 19.0. The average molecular weight is 1680 g/mol. The van der Waals surface area contributed by atoms with E-state index in [0.29, 0.717) is 113 Å². The lowest BCUT2D eigenvalue weighted by Gasteiger charge is -2.26. The number of ether oxygens (including phenoxy) is 2. The number of aryl methyl sites for hydroxylation is 15. The van der Waals surface area contributed by atoms with Crippen molar-refractivity contribution >= 4 is 113 Å². The van der Waals surface area contributed by atoms with Gasteiger partial charge in [0.15, 0.2) is 57.6 Å². The number of carbonyl (C=O) groups excluding carboxylic acids is 5. The molecule has 3 saturated heterocycles. The van der Waals surface area contributed by atoms with E-state index in [0.717, 1.165) is 154 Å². The fraction of sp³-hybridized carbons (Fsp3) is 0.382. The molecule has 1 saturated carbocycles. The van der Waals surface area contributed by atoms with E-state index in [-0.39, 0.29) is 41.6 Å². The van der Waals surface area contributed by atoms with Gasteiger partial charge in [-0.3, -0.25) is 44.8 Å². The number of hydrogen-bond donors (Lipinski definition) is 16. The number of aromatic amines is 10. The summed E-state index contributed by atoms with van der Waals surface area (Å²) in [5.74, 6) is 3.38. The molecule has 4 fully saturated rings. The van der Waals surface area contributed by atoms with E-state index < -0.39 is 0 Å². The van der Waals surface area contributed by atoms with E-state index >= 15 is 0 Å². The number of hydrogen-bond acceptors (Lipinski definition) is 18. The van der Waals surface area contributed by atoms with Gasteiger partial charge in [0, 0.05) is 58.3 Å². The molecule has 3 aliphatic heterocycles. The second-order valence-electron chi connectivity index (χ2n) is 32.8. The van der Waals surface area contributed by atoms with Gasteiger partial charge in [0.2, 0.25) is 17.7 Å².